The monoisotopic (exact) mass is 258 g/mol. The lowest BCUT2D eigenvalue weighted by Gasteiger charge is -2.04. The van der Waals surface area contributed by atoms with Gasteiger partial charge in [0.05, 0.1) is 12.3 Å². The third-order valence-electron chi connectivity index (χ3n) is 2.72. The maximum atomic E-state index is 5.57. The molecule has 3 nitrogen and oxygen atoms in total. The molecule has 0 radical (unpaired) electrons. The van der Waals surface area contributed by atoms with Gasteiger partial charge in [-0.2, -0.15) is 0 Å². The number of hydrogen-bond donors (Lipinski definition) is 0. The predicted molar refractivity (Wildman–Crippen MR) is 74.3 cm³/mol. The fourth-order valence-corrected chi connectivity index (χ4v) is 2.51. The minimum atomic E-state index is 0.763. The SMILES string of the molecule is CCCOc1ccc(-c2cn3ccsc3n2)cc1. The third kappa shape index (κ3) is 2.11. The van der Waals surface area contributed by atoms with Crippen LogP contribution in [0.1, 0.15) is 13.3 Å². The van der Waals surface area contributed by atoms with E-state index in [1.165, 1.54) is 0 Å². The van der Waals surface area contributed by atoms with Crippen molar-refractivity contribution in [3.63, 3.8) is 0 Å². The minimum Gasteiger partial charge on any atom is -0.494 e. The average molecular weight is 258 g/mol. The number of fused-ring (bicyclic) bond motifs is 1. The van der Waals surface area contributed by atoms with Gasteiger partial charge < -0.3 is 4.74 Å². The molecule has 0 unspecified atom stereocenters. The molecule has 0 amide bonds. The van der Waals surface area contributed by atoms with Crippen LogP contribution in [0, 0.1) is 0 Å². The second-order valence-corrected chi connectivity index (χ2v) is 4.96. The van der Waals surface area contributed by atoms with Crippen molar-refractivity contribution in [3.8, 4) is 17.0 Å². The molecule has 0 bridgehead atoms. The molecule has 4 heteroatoms. The van der Waals surface area contributed by atoms with Crippen LogP contribution in [-0.2, 0) is 0 Å². The molecule has 0 N–H and O–H groups in total. The highest BCUT2D eigenvalue weighted by Gasteiger charge is 2.05. The van der Waals surface area contributed by atoms with Crippen LogP contribution in [-0.4, -0.2) is 16.0 Å². The lowest BCUT2D eigenvalue weighted by Crippen LogP contribution is -1.94. The van der Waals surface area contributed by atoms with Crippen molar-refractivity contribution in [2.24, 2.45) is 0 Å². The summed E-state index contributed by atoms with van der Waals surface area (Å²) in [5, 5.41) is 2.04. The molecule has 0 saturated carbocycles. The topological polar surface area (TPSA) is 26.5 Å². The van der Waals surface area contributed by atoms with Crippen molar-refractivity contribution in [2.45, 2.75) is 13.3 Å². The smallest absolute Gasteiger partial charge is 0.194 e. The van der Waals surface area contributed by atoms with E-state index in [9.17, 15) is 0 Å². The van der Waals surface area contributed by atoms with Gasteiger partial charge in [0, 0.05) is 23.3 Å². The van der Waals surface area contributed by atoms with Crippen LogP contribution in [0.15, 0.2) is 42.0 Å². The molecule has 1 aromatic carbocycles. The number of hydrogen-bond acceptors (Lipinski definition) is 3. The number of imidazole rings is 1. The van der Waals surface area contributed by atoms with Crippen molar-refractivity contribution in [1.29, 1.82) is 0 Å². The van der Waals surface area contributed by atoms with E-state index in [4.69, 9.17) is 4.74 Å². The number of benzene rings is 1. The first kappa shape index (κ1) is 11.3. The molecule has 3 rings (SSSR count). The summed E-state index contributed by atoms with van der Waals surface area (Å²) in [4.78, 5) is 5.60. The first-order valence-electron chi connectivity index (χ1n) is 6.02. The van der Waals surface area contributed by atoms with Crippen molar-refractivity contribution in [2.75, 3.05) is 6.61 Å². The van der Waals surface area contributed by atoms with E-state index < -0.39 is 0 Å². The number of rotatable bonds is 4. The Morgan fingerprint density at radius 3 is 2.83 bits per heavy atom. The Morgan fingerprint density at radius 1 is 1.28 bits per heavy atom. The summed E-state index contributed by atoms with van der Waals surface area (Å²) in [5.74, 6) is 0.918. The van der Waals surface area contributed by atoms with Crippen LogP contribution in [0.3, 0.4) is 0 Å². The second-order valence-electron chi connectivity index (χ2n) is 4.09. The summed E-state index contributed by atoms with van der Waals surface area (Å²) in [5.41, 5.74) is 2.12. The van der Waals surface area contributed by atoms with Crippen molar-refractivity contribution >= 4 is 16.3 Å². The highest BCUT2D eigenvalue weighted by atomic mass is 32.1. The fourth-order valence-electron chi connectivity index (χ4n) is 1.81. The van der Waals surface area contributed by atoms with Gasteiger partial charge in [-0.15, -0.1) is 11.3 Å². The van der Waals surface area contributed by atoms with Gasteiger partial charge in [0.15, 0.2) is 4.96 Å². The number of aromatic nitrogens is 2. The third-order valence-corrected chi connectivity index (χ3v) is 3.49. The van der Waals surface area contributed by atoms with Crippen LogP contribution < -0.4 is 4.74 Å². The summed E-state index contributed by atoms with van der Waals surface area (Å²) in [6.07, 6.45) is 5.10. The van der Waals surface area contributed by atoms with Gasteiger partial charge in [-0.3, -0.25) is 4.40 Å². The van der Waals surface area contributed by atoms with Crippen LogP contribution in [0.4, 0.5) is 0 Å². The van der Waals surface area contributed by atoms with Crippen LogP contribution in [0.25, 0.3) is 16.2 Å². The molecular weight excluding hydrogens is 244 g/mol. The standard InChI is InChI=1S/C14H14N2OS/c1-2-8-17-12-5-3-11(4-6-12)13-10-16-7-9-18-14(16)15-13/h3-7,9-10H,2,8H2,1H3. The van der Waals surface area contributed by atoms with E-state index >= 15 is 0 Å². The van der Waals surface area contributed by atoms with Crippen LogP contribution in [0.2, 0.25) is 0 Å². The van der Waals surface area contributed by atoms with Crippen molar-refractivity contribution in [3.05, 3.63) is 42.0 Å². The second kappa shape index (κ2) is 4.82. The summed E-state index contributed by atoms with van der Waals surface area (Å²) in [6, 6.07) is 8.10. The lowest BCUT2D eigenvalue weighted by molar-refractivity contribution is 0.317. The molecule has 2 heterocycles. The normalized spacial score (nSPS) is 10.9. The average Bonchev–Trinajstić information content (AvgIpc) is 2.97. The van der Waals surface area contributed by atoms with Gasteiger partial charge in [0.1, 0.15) is 5.75 Å². The van der Waals surface area contributed by atoms with Gasteiger partial charge in [-0.05, 0) is 30.7 Å². The summed E-state index contributed by atoms with van der Waals surface area (Å²) < 4.78 is 7.61. The van der Waals surface area contributed by atoms with E-state index in [0.29, 0.717) is 0 Å². The minimum absolute atomic E-state index is 0.763. The molecule has 0 aliphatic heterocycles. The Labute approximate surface area is 110 Å². The lowest BCUT2D eigenvalue weighted by atomic mass is 10.2. The molecule has 18 heavy (non-hydrogen) atoms. The summed E-state index contributed by atoms with van der Waals surface area (Å²) in [6.45, 7) is 2.87. The largest absolute Gasteiger partial charge is 0.494 e. The maximum absolute atomic E-state index is 5.57. The van der Waals surface area contributed by atoms with Crippen LogP contribution >= 0.6 is 11.3 Å². The highest BCUT2D eigenvalue weighted by Crippen LogP contribution is 2.23. The molecule has 3 aromatic rings. The Kier molecular flexibility index (Phi) is 3.02. The highest BCUT2D eigenvalue weighted by molar-refractivity contribution is 7.15. The zero-order valence-corrected chi connectivity index (χ0v) is 11.0. The molecular formula is C14H14N2OS. The zero-order chi connectivity index (χ0) is 12.4. The van der Waals surface area contributed by atoms with E-state index in [1.807, 2.05) is 34.3 Å². The van der Waals surface area contributed by atoms with E-state index in [0.717, 1.165) is 35.0 Å². The number of ether oxygens (including phenoxy) is 1. The first-order valence-corrected chi connectivity index (χ1v) is 6.90. The molecule has 0 fully saturated rings. The van der Waals surface area contributed by atoms with Gasteiger partial charge in [0.2, 0.25) is 0 Å². The van der Waals surface area contributed by atoms with E-state index in [2.05, 4.69) is 24.0 Å². The molecule has 0 saturated heterocycles. The Hall–Kier alpha value is -1.81. The van der Waals surface area contributed by atoms with E-state index in [1.54, 1.807) is 11.3 Å². The maximum Gasteiger partial charge on any atom is 0.194 e. The fraction of sp³-hybridized carbons (Fsp3) is 0.214. The molecule has 0 spiro atoms. The molecule has 0 aliphatic rings. The molecule has 0 aliphatic carbocycles. The Morgan fingerprint density at radius 2 is 2.11 bits per heavy atom. The quantitative estimate of drug-likeness (QED) is 0.710. The predicted octanol–water partition coefficient (Wildman–Crippen LogP) is 3.85. The molecule has 92 valence electrons. The number of thiazole rings is 1. The Bertz CT molecular complexity index is 611. The molecule has 2 aromatic heterocycles. The molecule has 0 atom stereocenters. The van der Waals surface area contributed by atoms with Gasteiger partial charge in [0.25, 0.3) is 0 Å². The summed E-state index contributed by atoms with van der Waals surface area (Å²) >= 11 is 1.64. The van der Waals surface area contributed by atoms with Crippen LogP contribution in [0.5, 0.6) is 5.75 Å². The first-order chi connectivity index (χ1) is 8.86. The van der Waals surface area contributed by atoms with Gasteiger partial charge >= 0.3 is 0 Å². The van der Waals surface area contributed by atoms with E-state index in [-0.39, 0.29) is 0 Å². The Balaban J connectivity index is 1.85. The van der Waals surface area contributed by atoms with Gasteiger partial charge in [-0.25, -0.2) is 4.98 Å². The van der Waals surface area contributed by atoms with Crippen molar-refractivity contribution in [1.82, 2.24) is 9.38 Å². The van der Waals surface area contributed by atoms with Gasteiger partial charge in [-0.1, -0.05) is 6.92 Å². The van der Waals surface area contributed by atoms with Crippen molar-refractivity contribution < 1.29 is 4.74 Å². The number of nitrogens with zero attached hydrogens (tertiary/aromatic N) is 2. The summed E-state index contributed by atoms with van der Waals surface area (Å²) in [7, 11) is 0. The zero-order valence-electron chi connectivity index (χ0n) is 10.2.